The Morgan fingerprint density at radius 2 is 2.36 bits per heavy atom. The predicted molar refractivity (Wildman–Crippen MR) is 56.0 cm³/mol. The van der Waals surface area contributed by atoms with Crippen LogP contribution in [0.4, 0.5) is 0 Å². The van der Waals surface area contributed by atoms with Crippen molar-refractivity contribution in [3.8, 4) is 0 Å². The van der Waals surface area contributed by atoms with Gasteiger partial charge in [0, 0.05) is 6.54 Å². The third-order valence-corrected chi connectivity index (χ3v) is 2.39. The van der Waals surface area contributed by atoms with Crippen LogP contribution in [0.1, 0.15) is 23.9 Å². The normalized spacial score (nSPS) is 12.5. The summed E-state index contributed by atoms with van der Waals surface area (Å²) in [5.41, 5.74) is 0. The Balaban J connectivity index is 2.43. The molecule has 1 aromatic heterocycles. The van der Waals surface area contributed by atoms with Crippen LogP contribution in [0.5, 0.6) is 0 Å². The molecule has 14 heavy (non-hydrogen) atoms. The predicted octanol–water partition coefficient (Wildman–Crippen LogP) is 2.68. The van der Waals surface area contributed by atoms with Crippen molar-refractivity contribution in [2.24, 2.45) is 0 Å². The van der Waals surface area contributed by atoms with Crippen molar-refractivity contribution in [3.05, 3.63) is 23.1 Å². The second-order valence-corrected chi connectivity index (χ2v) is 3.81. The van der Waals surface area contributed by atoms with Crippen molar-refractivity contribution in [3.63, 3.8) is 0 Å². The van der Waals surface area contributed by atoms with Crippen LogP contribution in [0.25, 0.3) is 0 Å². The molecular formula is C9H11Cl2NO2. The zero-order valence-corrected chi connectivity index (χ0v) is 9.23. The second-order valence-electron chi connectivity index (χ2n) is 2.82. The van der Waals surface area contributed by atoms with E-state index in [-0.39, 0.29) is 22.3 Å². The molecule has 0 radical (unpaired) electrons. The third kappa shape index (κ3) is 3.24. The van der Waals surface area contributed by atoms with E-state index in [1.165, 1.54) is 12.1 Å². The molecule has 0 bridgehead atoms. The van der Waals surface area contributed by atoms with Crippen LogP contribution in [0.2, 0.25) is 5.22 Å². The van der Waals surface area contributed by atoms with E-state index < -0.39 is 0 Å². The minimum absolute atomic E-state index is 0.0515. The van der Waals surface area contributed by atoms with Crippen molar-refractivity contribution in [1.82, 2.24) is 5.32 Å². The second kappa shape index (κ2) is 5.27. The molecule has 1 rings (SSSR count). The average molecular weight is 236 g/mol. The first kappa shape index (κ1) is 11.4. The maximum atomic E-state index is 11.4. The Kier molecular flexibility index (Phi) is 4.29. The number of carbonyl (C=O) groups excluding carboxylic acids is 1. The summed E-state index contributed by atoms with van der Waals surface area (Å²) in [6.45, 7) is 2.38. The zero-order valence-electron chi connectivity index (χ0n) is 7.72. The highest BCUT2D eigenvalue weighted by molar-refractivity contribution is 6.29. The van der Waals surface area contributed by atoms with Crippen LogP contribution >= 0.6 is 23.2 Å². The first-order chi connectivity index (χ1) is 6.63. The van der Waals surface area contributed by atoms with Crippen molar-refractivity contribution >= 4 is 29.1 Å². The molecule has 0 aliphatic heterocycles. The minimum Gasteiger partial charge on any atom is -0.440 e. The van der Waals surface area contributed by atoms with E-state index in [9.17, 15) is 4.79 Å². The summed E-state index contributed by atoms with van der Waals surface area (Å²) in [4.78, 5) is 11.4. The molecule has 0 spiro atoms. The van der Waals surface area contributed by atoms with E-state index in [0.717, 1.165) is 6.42 Å². The molecular weight excluding hydrogens is 225 g/mol. The van der Waals surface area contributed by atoms with Crippen molar-refractivity contribution < 1.29 is 9.21 Å². The summed E-state index contributed by atoms with van der Waals surface area (Å²) >= 11 is 11.4. The lowest BCUT2D eigenvalue weighted by atomic mass is 10.3. The fourth-order valence-electron chi connectivity index (χ4n) is 0.871. The highest BCUT2D eigenvalue weighted by Gasteiger charge is 2.11. The van der Waals surface area contributed by atoms with Crippen LogP contribution < -0.4 is 5.32 Å². The van der Waals surface area contributed by atoms with Crippen LogP contribution in [0.15, 0.2) is 16.5 Å². The first-order valence-corrected chi connectivity index (χ1v) is 5.12. The topological polar surface area (TPSA) is 42.2 Å². The van der Waals surface area contributed by atoms with Gasteiger partial charge in [-0.2, -0.15) is 0 Å². The summed E-state index contributed by atoms with van der Waals surface area (Å²) in [7, 11) is 0. The van der Waals surface area contributed by atoms with Gasteiger partial charge in [-0.25, -0.2) is 0 Å². The number of hydrogen-bond acceptors (Lipinski definition) is 2. The summed E-state index contributed by atoms with van der Waals surface area (Å²) in [6.07, 6.45) is 0.806. The highest BCUT2D eigenvalue weighted by atomic mass is 35.5. The van der Waals surface area contributed by atoms with Gasteiger partial charge in [0.15, 0.2) is 11.0 Å². The average Bonchev–Trinajstić information content (AvgIpc) is 2.60. The largest absolute Gasteiger partial charge is 0.440 e. The SMILES string of the molecule is CCC(Cl)CNC(=O)c1ccc(Cl)o1. The van der Waals surface area contributed by atoms with Crippen LogP contribution in [0, 0.1) is 0 Å². The number of furan rings is 1. The Bertz CT molecular complexity index is 312. The van der Waals surface area contributed by atoms with Crippen LogP contribution in [-0.4, -0.2) is 17.8 Å². The first-order valence-electron chi connectivity index (χ1n) is 4.31. The smallest absolute Gasteiger partial charge is 0.287 e. The van der Waals surface area contributed by atoms with Gasteiger partial charge in [-0.05, 0) is 30.2 Å². The monoisotopic (exact) mass is 235 g/mol. The summed E-state index contributed by atoms with van der Waals surface area (Å²) in [5.74, 6) is -0.0917. The molecule has 0 aliphatic carbocycles. The van der Waals surface area contributed by atoms with Crippen LogP contribution in [0.3, 0.4) is 0 Å². The standard InChI is InChI=1S/C9H11Cl2NO2/c1-2-6(10)5-12-9(13)7-3-4-8(11)14-7/h3-4,6H,2,5H2,1H3,(H,12,13). The molecule has 1 unspecified atom stereocenters. The molecule has 0 saturated carbocycles. The van der Waals surface area contributed by atoms with Crippen LogP contribution in [-0.2, 0) is 0 Å². The minimum atomic E-state index is -0.295. The molecule has 0 aliphatic rings. The van der Waals surface area contributed by atoms with Gasteiger partial charge in [-0.1, -0.05) is 6.92 Å². The molecule has 5 heteroatoms. The summed E-state index contributed by atoms with van der Waals surface area (Å²) in [5, 5.41) is 2.79. The van der Waals surface area contributed by atoms with Crippen molar-refractivity contribution in [2.45, 2.75) is 18.7 Å². The molecule has 1 aromatic rings. The van der Waals surface area contributed by atoms with Gasteiger partial charge >= 0.3 is 0 Å². The molecule has 1 N–H and O–H groups in total. The fourth-order valence-corrected chi connectivity index (χ4v) is 1.09. The fraction of sp³-hybridized carbons (Fsp3) is 0.444. The number of hydrogen-bond donors (Lipinski definition) is 1. The molecule has 1 atom stereocenters. The number of rotatable bonds is 4. The van der Waals surface area contributed by atoms with Gasteiger partial charge in [0.25, 0.3) is 5.91 Å². The van der Waals surface area contributed by atoms with Gasteiger partial charge < -0.3 is 9.73 Å². The van der Waals surface area contributed by atoms with E-state index in [4.69, 9.17) is 27.6 Å². The lowest BCUT2D eigenvalue weighted by molar-refractivity contribution is 0.0926. The summed E-state index contributed by atoms with van der Waals surface area (Å²) < 4.78 is 4.92. The molecule has 0 saturated heterocycles. The molecule has 3 nitrogen and oxygen atoms in total. The van der Waals surface area contributed by atoms with Gasteiger partial charge in [-0.15, -0.1) is 11.6 Å². The Morgan fingerprint density at radius 3 is 2.86 bits per heavy atom. The highest BCUT2D eigenvalue weighted by Crippen LogP contribution is 2.12. The third-order valence-electron chi connectivity index (χ3n) is 1.72. The van der Waals surface area contributed by atoms with Crippen molar-refractivity contribution in [1.29, 1.82) is 0 Å². The van der Waals surface area contributed by atoms with E-state index in [2.05, 4.69) is 5.32 Å². The zero-order chi connectivity index (χ0) is 10.6. The maximum absolute atomic E-state index is 11.4. The molecule has 1 heterocycles. The molecule has 78 valence electrons. The van der Waals surface area contributed by atoms with Crippen molar-refractivity contribution in [2.75, 3.05) is 6.54 Å². The number of carbonyl (C=O) groups is 1. The summed E-state index contributed by atoms with van der Waals surface area (Å²) in [6, 6.07) is 3.04. The van der Waals surface area contributed by atoms with E-state index >= 15 is 0 Å². The number of halogens is 2. The van der Waals surface area contributed by atoms with Gasteiger partial charge in [0.2, 0.25) is 0 Å². The lowest BCUT2D eigenvalue weighted by Crippen LogP contribution is -2.29. The molecule has 0 fully saturated rings. The maximum Gasteiger partial charge on any atom is 0.287 e. The van der Waals surface area contributed by atoms with Gasteiger partial charge in [-0.3, -0.25) is 4.79 Å². The molecule has 0 aromatic carbocycles. The number of nitrogens with one attached hydrogen (secondary N) is 1. The number of alkyl halides is 1. The van der Waals surface area contributed by atoms with E-state index in [1.807, 2.05) is 6.92 Å². The quantitative estimate of drug-likeness (QED) is 0.816. The Labute approximate surface area is 92.4 Å². The van der Waals surface area contributed by atoms with Gasteiger partial charge in [0.1, 0.15) is 0 Å². The Hall–Kier alpha value is -0.670. The Morgan fingerprint density at radius 1 is 1.64 bits per heavy atom. The van der Waals surface area contributed by atoms with E-state index in [0.29, 0.717) is 6.54 Å². The van der Waals surface area contributed by atoms with Gasteiger partial charge in [0.05, 0.1) is 5.38 Å². The molecule has 1 amide bonds. The van der Waals surface area contributed by atoms with E-state index in [1.54, 1.807) is 0 Å². The number of amides is 1. The lowest BCUT2D eigenvalue weighted by Gasteiger charge is -2.06.